The van der Waals surface area contributed by atoms with Crippen molar-refractivity contribution in [1.82, 2.24) is 9.62 Å². The number of carbonyl (C=O) groups is 1. The number of primary sulfonamides is 1. The SMILES string of the molecule is CC(C)CN[C@H]1CN(CCCC(=O)OC(C)C)S(=O)(=O)c2sc(S(N)(=O)=O)cc21. The molecule has 166 valence electrons. The van der Waals surface area contributed by atoms with Crippen molar-refractivity contribution in [1.29, 1.82) is 0 Å². The smallest absolute Gasteiger partial charge is 0.306 e. The first kappa shape index (κ1) is 24.2. The Hall–Kier alpha value is -1.05. The Balaban J connectivity index is 2.26. The fourth-order valence-corrected chi connectivity index (χ4v) is 7.26. The molecule has 1 aromatic rings. The molecule has 29 heavy (non-hydrogen) atoms. The average molecular weight is 468 g/mol. The number of nitrogens with zero attached hydrogens (tertiary/aromatic N) is 1. The number of hydrogen-bond donors (Lipinski definition) is 2. The standard InChI is InChI=1S/C17H29N3O6S3/c1-11(2)9-19-14-10-20(7-5-6-15(21)26-12(3)4)29(24,25)17-13(14)8-16(27-17)28(18,22)23/h8,11-12,14,19H,5-7,9-10H2,1-4H3,(H2,18,22,23)/t14-/m0/s1. The van der Waals surface area contributed by atoms with Crippen LogP contribution in [0.25, 0.3) is 0 Å². The largest absolute Gasteiger partial charge is 0.463 e. The van der Waals surface area contributed by atoms with Crippen LogP contribution < -0.4 is 10.5 Å². The first-order valence-electron chi connectivity index (χ1n) is 9.42. The van der Waals surface area contributed by atoms with E-state index in [4.69, 9.17) is 9.88 Å². The van der Waals surface area contributed by atoms with Crippen LogP contribution in [0.2, 0.25) is 0 Å². The number of sulfonamides is 2. The molecule has 3 N–H and O–H groups in total. The van der Waals surface area contributed by atoms with E-state index in [2.05, 4.69) is 5.32 Å². The number of carbonyl (C=O) groups excluding carboxylic acids is 1. The lowest BCUT2D eigenvalue weighted by molar-refractivity contribution is -0.147. The van der Waals surface area contributed by atoms with Gasteiger partial charge in [0.25, 0.3) is 10.0 Å². The second kappa shape index (κ2) is 9.40. The summed E-state index contributed by atoms with van der Waals surface area (Å²) in [6, 6.07) is 0.993. The summed E-state index contributed by atoms with van der Waals surface area (Å²) >= 11 is 0.665. The van der Waals surface area contributed by atoms with Crippen molar-refractivity contribution in [2.75, 3.05) is 19.6 Å². The maximum absolute atomic E-state index is 13.0. The van der Waals surface area contributed by atoms with Crippen LogP contribution in [0.5, 0.6) is 0 Å². The lowest BCUT2D eigenvalue weighted by atomic mass is 10.1. The number of hydrogen-bond acceptors (Lipinski definition) is 8. The number of ether oxygens (including phenoxy) is 1. The summed E-state index contributed by atoms with van der Waals surface area (Å²) in [6.45, 7) is 8.47. The lowest BCUT2D eigenvalue weighted by Gasteiger charge is -2.33. The molecule has 0 bridgehead atoms. The quantitative estimate of drug-likeness (QED) is 0.524. The summed E-state index contributed by atoms with van der Waals surface area (Å²) in [5.74, 6) is -0.0511. The molecule has 2 rings (SSSR count). The molecule has 9 nitrogen and oxygen atoms in total. The van der Waals surface area contributed by atoms with Gasteiger partial charge in [0.1, 0.15) is 8.42 Å². The van der Waals surface area contributed by atoms with E-state index in [1.165, 1.54) is 10.4 Å². The topological polar surface area (TPSA) is 136 Å². The summed E-state index contributed by atoms with van der Waals surface area (Å²) in [5, 5.41) is 8.52. The third-order valence-electron chi connectivity index (χ3n) is 4.25. The van der Waals surface area contributed by atoms with Gasteiger partial charge >= 0.3 is 5.97 Å². The number of esters is 1. The molecular weight excluding hydrogens is 438 g/mol. The van der Waals surface area contributed by atoms with Crippen molar-refractivity contribution < 1.29 is 26.4 Å². The van der Waals surface area contributed by atoms with Gasteiger partial charge < -0.3 is 10.1 Å². The predicted octanol–water partition coefficient (Wildman–Crippen LogP) is 1.42. The van der Waals surface area contributed by atoms with Gasteiger partial charge in [-0.15, -0.1) is 11.3 Å². The maximum Gasteiger partial charge on any atom is 0.306 e. The summed E-state index contributed by atoms with van der Waals surface area (Å²) in [5.41, 5.74) is 0.426. The Morgan fingerprint density at radius 3 is 2.59 bits per heavy atom. The lowest BCUT2D eigenvalue weighted by Crippen LogP contribution is -2.44. The predicted molar refractivity (Wildman–Crippen MR) is 110 cm³/mol. The fraction of sp³-hybridized carbons (Fsp3) is 0.706. The van der Waals surface area contributed by atoms with E-state index in [0.29, 0.717) is 35.8 Å². The fourth-order valence-electron chi connectivity index (χ4n) is 2.95. The van der Waals surface area contributed by atoms with Gasteiger partial charge in [0.05, 0.1) is 6.10 Å². The first-order chi connectivity index (χ1) is 13.3. The zero-order valence-electron chi connectivity index (χ0n) is 17.0. The third-order valence-corrected chi connectivity index (χ3v) is 9.21. The molecule has 0 saturated heterocycles. The number of thiophene rings is 1. The number of nitrogens with one attached hydrogen (secondary N) is 1. The normalized spacial score (nSPS) is 19.5. The molecule has 2 heterocycles. The number of rotatable bonds is 9. The molecule has 0 unspecified atom stereocenters. The van der Waals surface area contributed by atoms with Gasteiger partial charge in [-0.05, 0) is 38.8 Å². The summed E-state index contributed by atoms with van der Waals surface area (Å²) in [7, 11) is -7.89. The summed E-state index contributed by atoms with van der Waals surface area (Å²) in [6.07, 6.45) is 0.189. The van der Waals surface area contributed by atoms with E-state index in [1.807, 2.05) is 13.8 Å². The highest BCUT2D eigenvalue weighted by atomic mass is 32.3. The highest BCUT2D eigenvalue weighted by molar-refractivity contribution is 7.94. The molecule has 0 spiro atoms. The highest BCUT2D eigenvalue weighted by Crippen LogP contribution is 2.40. The second-order valence-corrected chi connectivity index (χ2v) is 12.7. The Morgan fingerprint density at radius 1 is 1.38 bits per heavy atom. The molecule has 1 aromatic heterocycles. The van der Waals surface area contributed by atoms with Gasteiger partial charge in [-0.3, -0.25) is 4.79 Å². The van der Waals surface area contributed by atoms with Crippen LogP contribution in [0.15, 0.2) is 14.5 Å². The van der Waals surface area contributed by atoms with E-state index in [9.17, 15) is 21.6 Å². The molecule has 0 radical (unpaired) electrons. The van der Waals surface area contributed by atoms with Crippen molar-refractivity contribution >= 4 is 37.4 Å². The van der Waals surface area contributed by atoms with Crippen LogP contribution in [-0.2, 0) is 29.6 Å². The highest BCUT2D eigenvalue weighted by Gasteiger charge is 2.39. The molecule has 0 saturated carbocycles. The van der Waals surface area contributed by atoms with E-state index in [0.717, 1.165) is 0 Å². The van der Waals surface area contributed by atoms with Crippen molar-refractivity contribution in [2.45, 2.75) is 61.1 Å². The number of fused-ring (bicyclic) bond motifs is 1. The van der Waals surface area contributed by atoms with E-state index in [1.54, 1.807) is 13.8 Å². The molecule has 1 aliphatic rings. The third kappa shape index (κ3) is 6.22. The van der Waals surface area contributed by atoms with E-state index in [-0.39, 0.29) is 46.0 Å². The Labute approximate surface area is 176 Å². The van der Waals surface area contributed by atoms with Gasteiger partial charge in [-0.25, -0.2) is 22.0 Å². The zero-order valence-corrected chi connectivity index (χ0v) is 19.5. The van der Waals surface area contributed by atoms with Crippen LogP contribution >= 0.6 is 11.3 Å². The van der Waals surface area contributed by atoms with Crippen molar-refractivity contribution in [3.8, 4) is 0 Å². The van der Waals surface area contributed by atoms with Crippen LogP contribution in [0.1, 0.15) is 52.1 Å². The van der Waals surface area contributed by atoms with Crippen LogP contribution in [-0.4, -0.2) is 52.8 Å². The molecule has 0 aliphatic carbocycles. The van der Waals surface area contributed by atoms with E-state index < -0.39 is 20.0 Å². The molecular formula is C17H29N3O6S3. The van der Waals surface area contributed by atoms with E-state index >= 15 is 0 Å². The molecule has 0 amide bonds. The molecule has 12 heteroatoms. The summed E-state index contributed by atoms with van der Waals surface area (Å²) < 4.78 is 55.8. The van der Waals surface area contributed by atoms with Crippen LogP contribution in [0.3, 0.4) is 0 Å². The summed E-state index contributed by atoms with van der Waals surface area (Å²) in [4.78, 5) is 11.7. The van der Waals surface area contributed by atoms with Gasteiger partial charge in [-0.2, -0.15) is 4.31 Å². The first-order valence-corrected chi connectivity index (χ1v) is 13.2. The number of nitrogens with two attached hydrogens (primary N) is 1. The van der Waals surface area contributed by atoms with Crippen LogP contribution in [0.4, 0.5) is 0 Å². The van der Waals surface area contributed by atoms with Gasteiger partial charge in [0.15, 0.2) is 0 Å². The minimum atomic E-state index is -4.01. The average Bonchev–Trinajstić information content (AvgIpc) is 3.02. The monoisotopic (exact) mass is 467 g/mol. The molecule has 0 aromatic carbocycles. The molecule has 0 fully saturated rings. The minimum absolute atomic E-state index is 0.0150. The molecule has 1 atom stereocenters. The zero-order chi connectivity index (χ0) is 22.0. The van der Waals surface area contributed by atoms with Crippen molar-refractivity contribution in [3.05, 3.63) is 11.6 Å². The van der Waals surface area contributed by atoms with Gasteiger partial charge in [0, 0.05) is 31.1 Å². The minimum Gasteiger partial charge on any atom is -0.463 e. The Bertz CT molecular complexity index is 938. The van der Waals surface area contributed by atoms with Crippen molar-refractivity contribution in [3.63, 3.8) is 0 Å². The molecule has 1 aliphatic heterocycles. The van der Waals surface area contributed by atoms with Crippen LogP contribution in [0, 0.1) is 5.92 Å². The Kier molecular flexibility index (Phi) is 7.85. The second-order valence-electron chi connectivity index (χ2n) is 7.71. The van der Waals surface area contributed by atoms with Crippen molar-refractivity contribution in [2.24, 2.45) is 11.1 Å². The van der Waals surface area contributed by atoms with Gasteiger partial charge in [0.2, 0.25) is 10.0 Å². The maximum atomic E-state index is 13.0. The van der Waals surface area contributed by atoms with Gasteiger partial charge in [-0.1, -0.05) is 13.8 Å². The Morgan fingerprint density at radius 2 is 2.03 bits per heavy atom.